The maximum atomic E-state index is 13.2. The standard InChI is InChI=1S/C19H20FNO2/c1-13(2)10-19(23,16-4-6-17(20)7-5-16)18-8-3-14(11-21)9-15(18)12-22/h3-9,13,22-23H,10,12H2,1-2H3/t19-/m1/s1. The van der Waals surface area contributed by atoms with Gasteiger partial charge in [0.15, 0.2) is 0 Å². The average molecular weight is 313 g/mol. The van der Waals surface area contributed by atoms with Gasteiger partial charge in [-0.25, -0.2) is 4.39 Å². The molecule has 120 valence electrons. The van der Waals surface area contributed by atoms with Gasteiger partial charge in [-0.15, -0.1) is 0 Å². The molecular weight excluding hydrogens is 293 g/mol. The predicted octanol–water partition coefficient (Wildman–Crippen LogP) is 3.47. The molecule has 0 heterocycles. The number of hydrogen-bond acceptors (Lipinski definition) is 3. The fourth-order valence-corrected chi connectivity index (χ4v) is 2.90. The van der Waals surface area contributed by atoms with Crippen molar-refractivity contribution in [2.24, 2.45) is 5.92 Å². The summed E-state index contributed by atoms with van der Waals surface area (Å²) in [6.45, 7) is 3.68. The fraction of sp³-hybridized carbons (Fsp3) is 0.316. The van der Waals surface area contributed by atoms with Gasteiger partial charge in [0.1, 0.15) is 11.4 Å². The number of rotatable bonds is 5. The van der Waals surface area contributed by atoms with Crippen molar-refractivity contribution in [3.8, 4) is 6.07 Å². The highest BCUT2D eigenvalue weighted by molar-refractivity contribution is 5.45. The number of hydrogen-bond donors (Lipinski definition) is 2. The second-order valence-electron chi connectivity index (χ2n) is 6.11. The van der Waals surface area contributed by atoms with Gasteiger partial charge in [0.2, 0.25) is 0 Å². The van der Waals surface area contributed by atoms with Gasteiger partial charge in [0.05, 0.1) is 18.2 Å². The highest BCUT2D eigenvalue weighted by atomic mass is 19.1. The third-order valence-electron chi connectivity index (χ3n) is 3.88. The number of halogens is 1. The van der Waals surface area contributed by atoms with Crippen LogP contribution in [-0.2, 0) is 12.2 Å². The van der Waals surface area contributed by atoms with E-state index in [0.29, 0.717) is 28.7 Å². The summed E-state index contributed by atoms with van der Waals surface area (Å²) >= 11 is 0. The Bertz CT molecular complexity index is 719. The normalized spacial score (nSPS) is 13.6. The first-order chi connectivity index (χ1) is 10.9. The summed E-state index contributed by atoms with van der Waals surface area (Å²) in [6, 6.07) is 12.6. The van der Waals surface area contributed by atoms with Crippen LogP contribution in [0.2, 0.25) is 0 Å². The number of benzene rings is 2. The second-order valence-corrected chi connectivity index (χ2v) is 6.11. The Hall–Kier alpha value is -2.22. The Kier molecular flexibility index (Phi) is 5.15. The summed E-state index contributed by atoms with van der Waals surface area (Å²) in [5.41, 5.74) is 0.667. The Morgan fingerprint density at radius 3 is 2.35 bits per heavy atom. The molecule has 0 aliphatic rings. The van der Waals surface area contributed by atoms with Gasteiger partial charge in [-0.1, -0.05) is 32.0 Å². The lowest BCUT2D eigenvalue weighted by molar-refractivity contribution is 0.0551. The lowest BCUT2D eigenvalue weighted by atomic mass is 9.78. The van der Waals surface area contributed by atoms with Gasteiger partial charge < -0.3 is 10.2 Å². The summed E-state index contributed by atoms with van der Waals surface area (Å²) < 4.78 is 13.2. The molecule has 0 bridgehead atoms. The van der Waals surface area contributed by atoms with E-state index < -0.39 is 5.60 Å². The van der Waals surface area contributed by atoms with Crippen molar-refractivity contribution in [3.63, 3.8) is 0 Å². The molecule has 0 radical (unpaired) electrons. The molecule has 0 aromatic heterocycles. The highest BCUT2D eigenvalue weighted by Gasteiger charge is 2.34. The Balaban J connectivity index is 2.63. The van der Waals surface area contributed by atoms with E-state index in [4.69, 9.17) is 5.26 Å². The molecule has 0 saturated carbocycles. The summed E-state index contributed by atoms with van der Waals surface area (Å²) in [7, 11) is 0. The van der Waals surface area contributed by atoms with Crippen molar-refractivity contribution < 1.29 is 14.6 Å². The number of nitriles is 1. The van der Waals surface area contributed by atoms with Crippen molar-refractivity contribution in [1.82, 2.24) is 0 Å². The van der Waals surface area contributed by atoms with Crippen LogP contribution in [0.5, 0.6) is 0 Å². The molecule has 23 heavy (non-hydrogen) atoms. The Morgan fingerprint density at radius 2 is 1.83 bits per heavy atom. The monoisotopic (exact) mass is 313 g/mol. The molecule has 0 amide bonds. The molecule has 4 heteroatoms. The third-order valence-corrected chi connectivity index (χ3v) is 3.88. The summed E-state index contributed by atoms with van der Waals surface area (Å²) in [5.74, 6) is -0.199. The first-order valence-electron chi connectivity index (χ1n) is 7.53. The molecule has 2 aromatic carbocycles. The van der Waals surface area contributed by atoms with Gasteiger partial charge in [0.25, 0.3) is 0 Å². The van der Waals surface area contributed by atoms with E-state index in [0.717, 1.165) is 0 Å². The Morgan fingerprint density at radius 1 is 1.17 bits per heavy atom. The van der Waals surface area contributed by atoms with Crippen LogP contribution in [0.15, 0.2) is 42.5 Å². The van der Waals surface area contributed by atoms with Gasteiger partial charge in [-0.05, 0) is 53.3 Å². The van der Waals surface area contributed by atoms with E-state index in [2.05, 4.69) is 0 Å². The minimum atomic E-state index is -1.35. The van der Waals surface area contributed by atoms with Crippen LogP contribution < -0.4 is 0 Å². The highest BCUT2D eigenvalue weighted by Crippen LogP contribution is 2.38. The van der Waals surface area contributed by atoms with Crippen molar-refractivity contribution in [1.29, 1.82) is 5.26 Å². The molecule has 0 aliphatic heterocycles. The average Bonchev–Trinajstić information content (AvgIpc) is 2.54. The van der Waals surface area contributed by atoms with Crippen molar-refractivity contribution in [3.05, 3.63) is 70.5 Å². The van der Waals surface area contributed by atoms with Crippen LogP contribution in [0.25, 0.3) is 0 Å². The molecule has 0 spiro atoms. The minimum Gasteiger partial charge on any atom is -0.392 e. The van der Waals surface area contributed by atoms with Crippen molar-refractivity contribution in [2.45, 2.75) is 32.5 Å². The molecule has 2 N–H and O–H groups in total. The molecule has 1 atom stereocenters. The maximum absolute atomic E-state index is 13.2. The third kappa shape index (κ3) is 3.58. The summed E-state index contributed by atoms with van der Waals surface area (Å²) in [5, 5.41) is 30.0. The zero-order valence-corrected chi connectivity index (χ0v) is 13.3. The smallest absolute Gasteiger partial charge is 0.123 e. The number of nitrogens with zero attached hydrogens (tertiary/aromatic N) is 1. The van der Waals surface area contributed by atoms with Crippen LogP contribution >= 0.6 is 0 Å². The topological polar surface area (TPSA) is 64.2 Å². The van der Waals surface area contributed by atoms with E-state index in [1.807, 2.05) is 19.9 Å². The van der Waals surface area contributed by atoms with Gasteiger partial charge >= 0.3 is 0 Å². The van der Waals surface area contributed by atoms with E-state index in [1.54, 1.807) is 30.3 Å². The maximum Gasteiger partial charge on any atom is 0.123 e. The second kappa shape index (κ2) is 6.91. The van der Waals surface area contributed by atoms with E-state index >= 15 is 0 Å². The predicted molar refractivity (Wildman–Crippen MR) is 85.9 cm³/mol. The molecule has 2 aromatic rings. The zero-order chi connectivity index (χ0) is 17.0. The molecule has 0 aliphatic carbocycles. The molecule has 0 fully saturated rings. The Labute approximate surface area is 135 Å². The molecule has 2 rings (SSSR count). The van der Waals surface area contributed by atoms with Gasteiger partial charge in [-0.2, -0.15) is 5.26 Å². The van der Waals surface area contributed by atoms with Crippen LogP contribution in [0.1, 0.15) is 42.5 Å². The molecule has 3 nitrogen and oxygen atoms in total. The largest absolute Gasteiger partial charge is 0.392 e. The van der Waals surface area contributed by atoms with Crippen LogP contribution in [0.3, 0.4) is 0 Å². The lowest BCUT2D eigenvalue weighted by Crippen LogP contribution is -2.30. The van der Waals surface area contributed by atoms with E-state index in [9.17, 15) is 14.6 Å². The number of aliphatic hydroxyl groups is 2. The van der Waals surface area contributed by atoms with Crippen LogP contribution in [-0.4, -0.2) is 10.2 Å². The SMILES string of the molecule is CC(C)C[C@@](O)(c1ccc(F)cc1)c1ccc(C#N)cc1CO. The van der Waals surface area contributed by atoms with Crippen molar-refractivity contribution >= 4 is 0 Å². The number of aliphatic hydroxyl groups excluding tert-OH is 1. The van der Waals surface area contributed by atoms with Crippen molar-refractivity contribution in [2.75, 3.05) is 0 Å². The zero-order valence-electron chi connectivity index (χ0n) is 13.3. The van der Waals surface area contributed by atoms with Crippen LogP contribution in [0, 0.1) is 23.1 Å². The van der Waals surface area contributed by atoms with E-state index in [1.165, 1.54) is 12.1 Å². The quantitative estimate of drug-likeness (QED) is 0.888. The van der Waals surface area contributed by atoms with E-state index in [-0.39, 0.29) is 18.3 Å². The fourth-order valence-electron chi connectivity index (χ4n) is 2.90. The molecule has 0 saturated heterocycles. The first-order valence-corrected chi connectivity index (χ1v) is 7.53. The van der Waals surface area contributed by atoms with Gasteiger partial charge in [0, 0.05) is 0 Å². The molecule has 0 unspecified atom stereocenters. The lowest BCUT2D eigenvalue weighted by Gasteiger charge is -2.33. The van der Waals surface area contributed by atoms with Crippen LogP contribution in [0.4, 0.5) is 4.39 Å². The first kappa shape index (κ1) is 17.1. The summed E-state index contributed by atoms with van der Waals surface area (Å²) in [6.07, 6.45) is 0.414. The minimum absolute atomic E-state index is 0.173. The van der Waals surface area contributed by atoms with Gasteiger partial charge in [-0.3, -0.25) is 0 Å². The molecular formula is C19H20FNO2. The summed E-state index contributed by atoms with van der Waals surface area (Å²) in [4.78, 5) is 0.